The van der Waals surface area contributed by atoms with Gasteiger partial charge in [0, 0.05) is 15.8 Å². The Morgan fingerprint density at radius 1 is 1.09 bits per heavy atom. The fourth-order valence-electron chi connectivity index (χ4n) is 3.52. The molecule has 0 aromatic heterocycles. The zero-order valence-corrected chi connectivity index (χ0v) is 22.3. The SMILES string of the molecule is Cc1ccc(N2C(=O)C(Cc3ccc(Cl)c(Cl)c3)SC2=C(C#N)C(=O)Nc2ccc(Br)cc2)cc1. The zero-order valence-electron chi connectivity index (χ0n) is 18.4. The lowest BCUT2D eigenvalue weighted by molar-refractivity contribution is -0.117. The van der Waals surface area contributed by atoms with Crippen molar-refractivity contribution in [2.45, 2.75) is 18.6 Å². The van der Waals surface area contributed by atoms with E-state index in [9.17, 15) is 14.9 Å². The molecule has 1 atom stereocenters. The first kappa shape index (κ1) is 25.3. The van der Waals surface area contributed by atoms with Crippen LogP contribution in [-0.4, -0.2) is 17.1 Å². The normalized spacial score (nSPS) is 16.7. The quantitative estimate of drug-likeness (QED) is 0.255. The van der Waals surface area contributed by atoms with E-state index in [1.165, 1.54) is 16.7 Å². The van der Waals surface area contributed by atoms with Crippen LogP contribution in [0.2, 0.25) is 10.0 Å². The average Bonchev–Trinajstić information content (AvgIpc) is 3.14. The number of benzene rings is 3. The van der Waals surface area contributed by atoms with Crippen LogP contribution in [0.1, 0.15) is 11.1 Å². The molecule has 1 aliphatic rings. The molecule has 0 aliphatic carbocycles. The number of thioether (sulfide) groups is 1. The van der Waals surface area contributed by atoms with Crippen molar-refractivity contribution in [1.29, 1.82) is 5.26 Å². The van der Waals surface area contributed by atoms with Crippen molar-refractivity contribution < 1.29 is 9.59 Å². The molecule has 1 unspecified atom stereocenters. The van der Waals surface area contributed by atoms with E-state index >= 15 is 0 Å². The number of nitrogens with zero attached hydrogens (tertiary/aromatic N) is 2. The number of hydrogen-bond acceptors (Lipinski definition) is 4. The van der Waals surface area contributed by atoms with E-state index in [2.05, 4.69) is 21.2 Å². The first-order valence-electron chi connectivity index (χ1n) is 10.5. The van der Waals surface area contributed by atoms with Crippen LogP contribution in [0.4, 0.5) is 11.4 Å². The predicted molar refractivity (Wildman–Crippen MR) is 146 cm³/mol. The number of aryl methyl sites for hydroxylation is 1. The highest BCUT2D eigenvalue weighted by Gasteiger charge is 2.40. The van der Waals surface area contributed by atoms with Gasteiger partial charge in [0.2, 0.25) is 5.91 Å². The average molecular weight is 587 g/mol. The first-order valence-corrected chi connectivity index (χ1v) is 12.9. The van der Waals surface area contributed by atoms with E-state index in [-0.39, 0.29) is 11.5 Å². The van der Waals surface area contributed by atoms with Crippen molar-refractivity contribution in [3.05, 3.63) is 103 Å². The second kappa shape index (κ2) is 10.9. The maximum absolute atomic E-state index is 13.6. The summed E-state index contributed by atoms with van der Waals surface area (Å²) in [6, 6.07) is 21.6. The van der Waals surface area contributed by atoms with E-state index in [1.54, 1.807) is 48.5 Å². The van der Waals surface area contributed by atoms with Crippen molar-refractivity contribution in [2.24, 2.45) is 0 Å². The summed E-state index contributed by atoms with van der Waals surface area (Å²) in [5.74, 6) is -0.804. The molecule has 176 valence electrons. The van der Waals surface area contributed by atoms with Gasteiger partial charge in [-0.1, -0.05) is 74.7 Å². The molecule has 0 saturated carbocycles. The summed E-state index contributed by atoms with van der Waals surface area (Å²) in [7, 11) is 0. The third-order valence-corrected chi connectivity index (χ3v) is 7.84. The number of amides is 2. The summed E-state index contributed by atoms with van der Waals surface area (Å²) < 4.78 is 0.863. The maximum atomic E-state index is 13.6. The van der Waals surface area contributed by atoms with Gasteiger partial charge in [-0.25, -0.2) is 0 Å². The van der Waals surface area contributed by atoms with Gasteiger partial charge in [-0.05, 0) is 67.4 Å². The molecular weight excluding hydrogens is 569 g/mol. The Morgan fingerprint density at radius 3 is 2.40 bits per heavy atom. The molecule has 1 heterocycles. The molecule has 5 nitrogen and oxygen atoms in total. The van der Waals surface area contributed by atoms with Crippen LogP contribution < -0.4 is 10.2 Å². The highest BCUT2D eigenvalue weighted by molar-refractivity contribution is 9.10. The Morgan fingerprint density at radius 2 is 1.77 bits per heavy atom. The van der Waals surface area contributed by atoms with Crippen LogP contribution in [0.15, 0.2) is 81.8 Å². The topological polar surface area (TPSA) is 73.2 Å². The highest BCUT2D eigenvalue weighted by Crippen LogP contribution is 2.42. The monoisotopic (exact) mass is 585 g/mol. The lowest BCUT2D eigenvalue weighted by atomic mass is 10.1. The van der Waals surface area contributed by atoms with Gasteiger partial charge < -0.3 is 5.32 Å². The Balaban J connectivity index is 1.72. The molecule has 1 fully saturated rings. The molecule has 35 heavy (non-hydrogen) atoms. The molecule has 0 spiro atoms. The van der Waals surface area contributed by atoms with Crippen LogP contribution in [-0.2, 0) is 16.0 Å². The van der Waals surface area contributed by atoms with Crippen molar-refractivity contribution in [3.63, 3.8) is 0 Å². The van der Waals surface area contributed by atoms with E-state index in [1.807, 2.05) is 31.2 Å². The summed E-state index contributed by atoms with van der Waals surface area (Å²) in [5, 5.41) is 13.3. The van der Waals surface area contributed by atoms with Gasteiger partial charge in [-0.2, -0.15) is 5.26 Å². The van der Waals surface area contributed by atoms with E-state index in [0.29, 0.717) is 32.9 Å². The van der Waals surface area contributed by atoms with Crippen LogP contribution in [0, 0.1) is 18.3 Å². The van der Waals surface area contributed by atoms with Gasteiger partial charge in [-0.3, -0.25) is 14.5 Å². The highest BCUT2D eigenvalue weighted by atomic mass is 79.9. The minimum Gasteiger partial charge on any atom is -0.321 e. The van der Waals surface area contributed by atoms with Gasteiger partial charge in [0.15, 0.2) is 0 Å². The molecule has 1 aliphatic heterocycles. The van der Waals surface area contributed by atoms with Gasteiger partial charge in [0.25, 0.3) is 5.91 Å². The van der Waals surface area contributed by atoms with E-state index in [4.69, 9.17) is 23.2 Å². The van der Waals surface area contributed by atoms with Gasteiger partial charge in [-0.15, -0.1) is 0 Å². The first-order chi connectivity index (χ1) is 16.8. The second-order valence-electron chi connectivity index (χ2n) is 7.82. The Bertz CT molecular complexity index is 1370. The van der Waals surface area contributed by atoms with Gasteiger partial charge in [0.05, 0.1) is 15.3 Å². The number of carbonyl (C=O) groups is 2. The maximum Gasteiger partial charge on any atom is 0.269 e. The van der Waals surface area contributed by atoms with Crippen LogP contribution >= 0.6 is 50.9 Å². The fourth-order valence-corrected chi connectivity index (χ4v) is 5.42. The largest absolute Gasteiger partial charge is 0.321 e. The molecule has 1 N–H and O–H groups in total. The summed E-state index contributed by atoms with van der Waals surface area (Å²) in [6.07, 6.45) is 0.360. The van der Waals surface area contributed by atoms with Crippen molar-refractivity contribution in [2.75, 3.05) is 10.2 Å². The van der Waals surface area contributed by atoms with Gasteiger partial charge in [0.1, 0.15) is 16.7 Å². The minimum atomic E-state index is -0.586. The molecule has 0 radical (unpaired) electrons. The predicted octanol–water partition coefficient (Wildman–Crippen LogP) is 7.13. The molecule has 0 bridgehead atoms. The molecule has 2 amide bonds. The van der Waals surface area contributed by atoms with E-state index < -0.39 is 11.2 Å². The van der Waals surface area contributed by atoms with E-state index in [0.717, 1.165) is 15.6 Å². The molecule has 3 aromatic carbocycles. The lowest BCUT2D eigenvalue weighted by Crippen LogP contribution is -2.30. The van der Waals surface area contributed by atoms with Crippen LogP contribution in [0.5, 0.6) is 0 Å². The molecular formula is C26H18BrCl2N3O2S. The standard InChI is InChI=1S/C26H18BrCl2N3O2S/c1-15-2-9-19(10-3-15)32-25(34)23(13-16-4-11-21(28)22(29)12-16)35-26(32)20(14-30)24(33)31-18-7-5-17(27)6-8-18/h2-12,23H,13H2,1H3,(H,31,33). The minimum absolute atomic E-state index is 0.136. The fraction of sp³-hybridized carbons (Fsp3) is 0.115. The molecule has 4 rings (SSSR count). The Kier molecular flexibility index (Phi) is 7.88. The smallest absolute Gasteiger partial charge is 0.269 e. The third kappa shape index (κ3) is 5.74. The second-order valence-corrected chi connectivity index (χ2v) is 10.7. The van der Waals surface area contributed by atoms with Crippen LogP contribution in [0.3, 0.4) is 0 Å². The Labute approximate surface area is 225 Å². The Hall–Kier alpha value is -2.76. The van der Waals surface area contributed by atoms with Crippen molar-refractivity contribution >= 4 is 74.1 Å². The number of carbonyl (C=O) groups excluding carboxylic acids is 2. The zero-order chi connectivity index (χ0) is 25.1. The number of hydrogen-bond donors (Lipinski definition) is 1. The molecule has 9 heteroatoms. The molecule has 3 aromatic rings. The summed E-state index contributed by atoms with van der Waals surface area (Å²) >= 11 is 16.7. The lowest BCUT2D eigenvalue weighted by Gasteiger charge is -2.19. The number of nitriles is 1. The van der Waals surface area contributed by atoms with Crippen molar-refractivity contribution in [3.8, 4) is 6.07 Å². The number of anilines is 2. The number of nitrogens with one attached hydrogen (secondary N) is 1. The molecule has 1 saturated heterocycles. The summed E-state index contributed by atoms with van der Waals surface area (Å²) in [4.78, 5) is 28.1. The number of rotatable bonds is 5. The van der Waals surface area contributed by atoms with Crippen LogP contribution in [0.25, 0.3) is 0 Å². The van der Waals surface area contributed by atoms with Crippen molar-refractivity contribution in [1.82, 2.24) is 0 Å². The number of halogens is 3. The third-order valence-electron chi connectivity index (χ3n) is 5.30. The van der Waals surface area contributed by atoms with Gasteiger partial charge >= 0.3 is 0 Å². The summed E-state index contributed by atoms with van der Waals surface area (Å²) in [5.41, 5.74) is 2.84. The summed E-state index contributed by atoms with van der Waals surface area (Å²) in [6.45, 7) is 1.94.